The van der Waals surface area contributed by atoms with Crippen molar-refractivity contribution in [3.63, 3.8) is 0 Å². The summed E-state index contributed by atoms with van der Waals surface area (Å²) in [6.45, 7) is 12.1. The molecule has 0 aromatic heterocycles. The Morgan fingerprint density at radius 3 is 2.52 bits per heavy atom. The molecule has 0 aromatic carbocycles. The van der Waals surface area contributed by atoms with Crippen LogP contribution in [0.1, 0.15) is 59.3 Å². The Morgan fingerprint density at radius 1 is 1.15 bits per heavy atom. The molecule has 2 rings (SSSR count). The number of morpholine rings is 1. The predicted octanol–water partition coefficient (Wildman–Crippen LogP) is 1.49. The van der Waals surface area contributed by atoms with Crippen LogP contribution < -0.4 is 16.0 Å². The van der Waals surface area contributed by atoms with E-state index in [9.17, 15) is 4.79 Å². The average molecular weight is 382 g/mol. The van der Waals surface area contributed by atoms with Gasteiger partial charge >= 0.3 is 0 Å². The van der Waals surface area contributed by atoms with Crippen molar-refractivity contribution in [2.45, 2.75) is 70.9 Å². The highest BCUT2D eigenvalue weighted by Gasteiger charge is 2.28. The number of hydrogen-bond acceptors (Lipinski definition) is 4. The Hall–Kier alpha value is -1.34. The van der Waals surface area contributed by atoms with Gasteiger partial charge in [0, 0.05) is 44.2 Å². The molecular weight excluding hydrogens is 342 g/mol. The molecule has 156 valence electrons. The Morgan fingerprint density at radius 2 is 1.85 bits per heavy atom. The van der Waals surface area contributed by atoms with Gasteiger partial charge in [-0.1, -0.05) is 19.3 Å². The van der Waals surface area contributed by atoms with Gasteiger partial charge in [-0.15, -0.1) is 0 Å². The predicted molar refractivity (Wildman–Crippen MR) is 110 cm³/mol. The molecular formula is C20H39N5O2. The van der Waals surface area contributed by atoms with Gasteiger partial charge in [0.1, 0.15) is 0 Å². The number of carbonyl (C=O) groups is 1. The number of nitrogens with one attached hydrogen (secondary N) is 3. The van der Waals surface area contributed by atoms with E-state index in [1.165, 1.54) is 19.3 Å². The van der Waals surface area contributed by atoms with Crippen LogP contribution in [-0.2, 0) is 9.53 Å². The lowest BCUT2D eigenvalue weighted by Gasteiger charge is -2.39. The van der Waals surface area contributed by atoms with Gasteiger partial charge in [0.05, 0.1) is 19.8 Å². The van der Waals surface area contributed by atoms with E-state index in [0.29, 0.717) is 25.6 Å². The van der Waals surface area contributed by atoms with E-state index in [1.54, 1.807) is 0 Å². The average Bonchev–Trinajstić information content (AvgIpc) is 2.67. The van der Waals surface area contributed by atoms with E-state index >= 15 is 0 Å². The van der Waals surface area contributed by atoms with Gasteiger partial charge in [-0.3, -0.25) is 14.7 Å². The Bertz CT molecular complexity index is 469. The minimum Gasteiger partial charge on any atom is -0.379 e. The van der Waals surface area contributed by atoms with Crippen LogP contribution in [-0.4, -0.2) is 74.3 Å². The molecule has 2 aliphatic rings. The quantitative estimate of drug-likeness (QED) is 0.439. The molecule has 0 radical (unpaired) electrons. The highest BCUT2D eigenvalue weighted by atomic mass is 16.5. The SMILES string of the molecule is CCNC(=NCC(C)(C)N1CCOCC1)NCCC(=O)NC1CCCCC1. The van der Waals surface area contributed by atoms with Crippen molar-refractivity contribution in [1.29, 1.82) is 0 Å². The number of amides is 1. The van der Waals surface area contributed by atoms with Gasteiger partial charge in [0.25, 0.3) is 0 Å². The zero-order chi connectivity index (χ0) is 19.5. The topological polar surface area (TPSA) is 78.0 Å². The Labute approximate surface area is 164 Å². The molecule has 2 fully saturated rings. The maximum Gasteiger partial charge on any atom is 0.221 e. The summed E-state index contributed by atoms with van der Waals surface area (Å²) in [4.78, 5) is 19.3. The van der Waals surface area contributed by atoms with E-state index in [2.05, 4.69) is 41.6 Å². The van der Waals surface area contributed by atoms with Crippen molar-refractivity contribution in [2.75, 3.05) is 45.9 Å². The summed E-state index contributed by atoms with van der Waals surface area (Å²) in [6.07, 6.45) is 6.50. The number of ether oxygens (including phenoxy) is 1. The molecule has 1 amide bonds. The van der Waals surface area contributed by atoms with Crippen molar-refractivity contribution >= 4 is 11.9 Å². The first-order valence-electron chi connectivity index (χ1n) is 10.7. The molecule has 27 heavy (non-hydrogen) atoms. The maximum absolute atomic E-state index is 12.1. The van der Waals surface area contributed by atoms with E-state index in [4.69, 9.17) is 9.73 Å². The van der Waals surface area contributed by atoms with Gasteiger partial charge in [0.15, 0.2) is 5.96 Å². The number of carbonyl (C=O) groups excluding carboxylic acids is 1. The number of nitrogens with zero attached hydrogens (tertiary/aromatic N) is 2. The third kappa shape index (κ3) is 8.05. The molecule has 1 heterocycles. The molecule has 0 bridgehead atoms. The van der Waals surface area contributed by atoms with Crippen LogP contribution in [0.5, 0.6) is 0 Å². The first-order chi connectivity index (χ1) is 13.0. The van der Waals surface area contributed by atoms with Crippen LogP contribution in [0.3, 0.4) is 0 Å². The second kappa shape index (κ2) is 11.5. The Balaban J connectivity index is 1.74. The van der Waals surface area contributed by atoms with Crippen LogP contribution in [0.25, 0.3) is 0 Å². The fourth-order valence-corrected chi connectivity index (χ4v) is 3.72. The Kier molecular flexibility index (Phi) is 9.34. The van der Waals surface area contributed by atoms with Gasteiger partial charge in [-0.25, -0.2) is 0 Å². The molecule has 0 spiro atoms. The first-order valence-corrected chi connectivity index (χ1v) is 10.7. The second-order valence-corrected chi connectivity index (χ2v) is 8.19. The first kappa shape index (κ1) is 22.0. The fraction of sp³-hybridized carbons (Fsp3) is 0.900. The highest BCUT2D eigenvalue weighted by molar-refractivity contribution is 5.81. The molecule has 7 nitrogen and oxygen atoms in total. The number of rotatable bonds is 8. The highest BCUT2D eigenvalue weighted by Crippen LogP contribution is 2.17. The summed E-state index contributed by atoms with van der Waals surface area (Å²) in [5.74, 6) is 0.920. The fourth-order valence-electron chi connectivity index (χ4n) is 3.72. The normalized spacial score (nSPS) is 20.3. The number of hydrogen-bond donors (Lipinski definition) is 3. The lowest BCUT2D eigenvalue weighted by atomic mass is 9.95. The number of guanidine groups is 1. The van der Waals surface area contributed by atoms with Crippen molar-refractivity contribution < 1.29 is 9.53 Å². The summed E-state index contributed by atoms with van der Waals surface area (Å²) < 4.78 is 5.45. The van der Waals surface area contributed by atoms with Gasteiger partial charge in [0.2, 0.25) is 5.91 Å². The molecule has 3 N–H and O–H groups in total. The smallest absolute Gasteiger partial charge is 0.221 e. The standard InChI is InChI=1S/C20H39N5O2/c1-4-21-19(23-16-20(2,3)25-12-14-27-15-13-25)22-11-10-18(26)24-17-8-6-5-7-9-17/h17H,4-16H2,1-3H3,(H,24,26)(H2,21,22,23). The van der Waals surface area contributed by atoms with Gasteiger partial charge < -0.3 is 20.7 Å². The molecule has 0 aromatic rings. The largest absolute Gasteiger partial charge is 0.379 e. The van der Waals surface area contributed by atoms with E-state index < -0.39 is 0 Å². The van der Waals surface area contributed by atoms with E-state index in [-0.39, 0.29) is 11.4 Å². The van der Waals surface area contributed by atoms with Crippen molar-refractivity contribution in [3.8, 4) is 0 Å². The maximum atomic E-state index is 12.1. The summed E-state index contributed by atoms with van der Waals surface area (Å²) >= 11 is 0. The summed E-state index contributed by atoms with van der Waals surface area (Å²) in [6, 6.07) is 0.377. The molecule has 1 saturated heterocycles. The van der Waals surface area contributed by atoms with Gasteiger partial charge in [-0.05, 0) is 33.6 Å². The molecule has 0 atom stereocenters. The lowest BCUT2D eigenvalue weighted by molar-refractivity contribution is -0.121. The third-order valence-corrected chi connectivity index (χ3v) is 5.45. The zero-order valence-corrected chi connectivity index (χ0v) is 17.5. The molecule has 1 aliphatic carbocycles. The van der Waals surface area contributed by atoms with Crippen molar-refractivity contribution in [2.24, 2.45) is 4.99 Å². The van der Waals surface area contributed by atoms with Crippen LogP contribution >= 0.6 is 0 Å². The van der Waals surface area contributed by atoms with Crippen molar-refractivity contribution in [1.82, 2.24) is 20.9 Å². The minimum absolute atomic E-state index is 0.00944. The van der Waals surface area contributed by atoms with Crippen LogP contribution in [0, 0.1) is 0 Å². The molecule has 0 unspecified atom stereocenters. The summed E-state index contributed by atoms with van der Waals surface area (Å²) in [7, 11) is 0. The third-order valence-electron chi connectivity index (χ3n) is 5.45. The van der Waals surface area contributed by atoms with Crippen molar-refractivity contribution in [3.05, 3.63) is 0 Å². The van der Waals surface area contributed by atoms with Crippen LogP contribution in [0.15, 0.2) is 4.99 Å². The van der Waals surface area contributed by atoms with Crippen LogP contribution in [0.4, 0.5) is 0 Å². The molecule has 1 saturated carbocycles. The van der Waals surface area contributed by atoms with Crippen LogP contribution in [0.2, 0.25) is 0 Å². The molecule has 1 aliphatic heterocycles. The second-order valence-electron chi connectivity index (χ2n) is 8.19. The minimum atomic E-state index is -0.00944. The summed E-state index contributed by atoms with van der Waals surface area (Å²) in [5, 5.41) is 9.74. The van der Waals surface area contributed by atoms with Gasteiger partial charge in [-0.2, -0.15) is 0 Å². The summed E-state index contributed by atoms with van der Waals surface area (Å²) in [5.41, 5.74) is -0.00944. The van der Waals surface area contributed by atoms with E-state index in [1.807, 2.05) is 0 Å². The van der Waals surface area contributed by atoms with E-state index in [0.717, 1.165) is 51.6 Å². The monoisotopic (exact) mass is 381 g/mol. The number of aliphatic imine (C=N–C) groups is 1. The lowest BCUT2D eigenvalue weighted by Crippen LogP contribution is -2.52. The zero-order valence-electron chi connectivity index (χ0n) is 17.5. The molecule has 7 heteroatoms.